The van der Waals surface area contributed by atoms with Crippen LogP contribution in [0.4, 0.5) is 0 Å². The van der Waals surface area contributed by atoms with E-state index in [1.807, 2.05) is 16.8 Å². The molecule has 0 radical (unpaired) electrons. The molecule has 3 aromatic rings. The van der Waals surface area contributed by atoms with Crippen LogP contribution in [-0.2, 0) is 24.2 Å². The highest BCUT2D eigenvalue weighted by molar-refractivity contribution is 5.34. The second-order valence-electron chi connectivity index (χ2n) is 8.26. The summed E-state index contributed by atoms with van der Waals surface area (Å²) in [6.07, 6.45) is 3.00. The minimum Gasteiger partial charge on any atom is -0.497 e. The molecule has 1 saturated heterocycles. The lowest BCUT2D eigenvalue weighted by atomic mass is 10.0. The number of hydrogen-bond acceptors (Lipinski definition) is 5. The van der Waals surface area contributed by atoms with Crippen LogP contribution in [-0.4, -0.2) is 46.5 Å². The van der Waals surface area contributed by atoms with Crippen molar-refractivity contribution in [3.63, 3.8) is 0 Å². The van der Waals surface area contributed by atoms with Crippen LogP contribution in [0.1, 0.15) is 46.8 Å². The molecule has 0 amide bonds. The summed E-state index contributed by atoms with van der Waals surface area (Å²) in [6.45, 7) is 10.5. The number of rotatable bonds is 7. The molecular formula is C25H32N4O2. The molecule has 0 N–H and O–H groups in total. The molecule has 3 heterocycles. The van der Waals surface area contributed by atoms with Crippen LogP contribution < -0.4 is 4.74 Å². The van der Waals surface area contributed by atoms with E-state index in [0.717, 1.165) is 55.4 Å². The first-order valence-electron chi connectivity index (χ1n) is 11.0. The maximum Gasteiger partial charge on any atom is 0.119 e. The van der Waals surface area contributed by atoms with E-state index >= 15 is 0 Å². The van der Waals surface area contributed by atoms with Gasteiger partial charge < -0.3 is 9.47 Å². The van der Waals surface area contributed by atoms with Gasteiger partial charge in [-0.05, 0) is 62.6 Å². The molecule has 1 aliphatic rings. The molecule has 0 aliphatic carbocycles. The smallest absolute Gasteiger partial charge is 0.119 e. The van der Waals surface area contributed by atoms with Gasteiger partial charge in [-0.1, -0.05) is 12.1 Å². The average Bonchev–Trinajstić information content (AvgIpc) is 3.13. The van der Waals surface area contributed by atoms with E-state index in [9.17, 15) is 0 Å². The zero-order valence-corrected chi connectivity index (χ0v) is 19.0. The Bertz CT molecular complexity index is 1030. The first-order chi connectivity index (χ1) is 15.0. The molecule has 0 spiro atoms. The lowest BCUT2D eigenvalue weighted by molar-refractivity contribution is -0.0351. The van der Waals surface area contributed by atoms with Crippen LogP contribution in [0.25, 0.3) is 0 Å². The molecule has 6 nitrogen and oxygen atoms in total. The number of methoxy groups -OCH3 is 1. The Balaban J connectivity index is 1.48. The SMILES string of the molecule is CCn1cc(CN2CCO[C@H](c3cc(Cc4cccc(OC)c4)cc(C)n3)C2)c(C)n1. The number of hydrogen-bond donors (Lipinski definition) is 0. The molecular weight excluding hydrogens is 388 g/mol. The molecule has 1 aromatic carbocycles. The van der Waals surface area contributed by atoms with Crippen LogP contribution in [0.5, 0.6) is 5.75 Å². The van der Waals surface area contributed by atoms with E-state index in [1.165, 1.54) is 16.7 Å². The Morgan fingerprint density at radius 2 is 2.03 bits per heavy atom. The van der Waals surface area contributed by atoms with Crippen molar-refractivity contribution in [2.24, 2.45) is 0 Å². The van der Waals surface area contributed by atoms with E-state index in [-0.39, 0.29) is 6.10 Å². The lowest BCUT2D eigenvalue weighted by Crippen LogP contribution is -2.38. The van der Waals surface area contributed by atoms with Gasteiger partial charge in [0, 0.05) is 43.6 Å². The number of benzene rings is 1. The van der Waals surface area contributed by atoms with E-state index in [0.29, 0.717) is 6.61 Å². The van der Waals surface area contributed by atoms with Crippen LogP contribution in [0.15, 0.2) is 42.6 Å². The number of nitrogens with zero attached hydrogens (tertiary/aromatic N) is 4. The molecule has 1 aliphatic heterocycles. The maximum atomic E-state index is 6.14. The van der Waals surface area contributed by atoms with Crippen molar-refractivity contribution in [2.75, 3.05) is 26.8 Å². The predicted molar refractivity (Wildman–Crippen MR) is 121 cm³/mol. The highest BCUT2D eigenvalue weighted by Crippen LogP contribution is 2.25. The van der Waals surface area contributed by atoms with Gasteiger partial charge in [-0.15, -0.1) is 0 Å². The van der Waals surface area contributed by atoms with Crippen molar-refractivity contribution < 1.29 is 9.47 Å². The Morgan fingerprint density at radius 3 is 2.81 bits per heavy atom. The molecule has 0 saturated carbocycles. The summed E-state index contributed by atoms with van der Waals surface area (Å²) in [6, 6.07) is 12.6. The Kier molecular flexibility index (Phi) is 6.68. The minimum absolute atomic E-state index is 0.0146. The van der Waals surface area contributed by atoms with Gasteiger partial charge in [0.25, 0.3) is 0 Å². The standard InChI is InChI=1S/C25H32N4O2/c1-5-29-16-22(19(3)27-29)15-28-9-10-31-25(17-28)24-14-21(11-18(2)26-24)12-20-7-6-8-23(13-20)30-4/h6-8,11,13-14,16,25H,5,9-10,12,15,17H2,1-4H3/t25-/m0/s1. The number of morpholine rings is 1. The van der Waals surface area contributed by atoms with Crippen LogP contribution in [0.3, 0.4) is 0 Å². The van der Waals surface area contributed by atoms with Crippen molar-refractivity contribution in [1.29, 1.82) is 0 Å². The van der Waals surface area contributed by atoms with Gasteiger partial charge in [0.2, 0.25) is 0 Å². The highest BCUT2D eigenvalue weighted by Gasteiger charge is 2.24. The highest BCUT2D eigenvalue weighted by atomic mass is 16.5. The molecule has 164 valence electrons. The fourth-order valence-electron chi connectivity index (χ4n) is 4.20. The first-order valence-corrected chi connectivity index (χ1v) is 11.0. The quantitative estimate of drug-likeness (QED) is 0.576. The van der Waals surface area contributed by atoms with Crippen molar-refractivity contribution in [3.8, 4) is 5.75 Å². The van der Waals surface area contributed by atoms with Crippen molar-refractivity contribution in [2.45, 2.75) is 46.4 Å². The summed E-state index contributed by atoms with van der Waals surface area (Å²) >= 11 is 0. The van der Waals surface area contributed by atoms with E-state index < -0.39 is 0 Å². The third-order valence-electron chi connectivity index (χ3n) is 5.82. The fraction of sp³-hybridized carbons (Fsp3) is 0.440. The molecule has 2 aromatic heterocycles. The number of aromatic nitrogens is 3. The zero-order valence-electron chi connectivity index (χ0n) is 19.0. The van der Waals surface area contributed by atoms with Gasteiger partial charge in [0.05, 0.1) is 25.1 Å². The molecule has 4 rings (SSSR count). The average molecular weight is 421 g/mol. The summed E-state index contributed by atoms with van der Waals surface area (Å²) in [5, 5.41) is 4.58. The van der Waals surface area contributed by atoms with Crippen molar-refractivity contribution in [3.05, 3.63) is 76.4 Å². The van der Waals surface area contributed by atoms with E-state index in [4.69, 9.17) is 14.5 Å². The second-order valence-corrected chi connectivity index (χ2v) is 8.26. The van der Waals surface area contributed by atoms with Gasteiger partial charge >= 0.3 is 0 Å². The Labute approximate surface area is 184 Å². The predicted octanol–water partition coefficient (Wildman–Crippen LogP) is 4.09. The topological polar surface area (TPSA) is 52.4 Å². The summed E-state index contributed by atoms with van der Waals surface area (Å²) in [5.74, 6) is 0.886. The number of pyridine rings is 1. The Hall–Kier alpha value is -2.70. The van der Waals surface area contributed by atoms with Gasteiger partial charge in [0.15, 0.2) is 0 Å². The summed E-state index contributed by atoms with van der Waals surface area (Å²) < 4.78 is 13.5. The van der Waals surface area contributed by atoms with Gasteiger partial charge in [0.1, 0.15) is 11.9 Å². The normalized spacial score (nSPS) is 17.1. The molecule has 6 heteroatoms. The molecule has 1 fully saturated rings. The van der Waals surface area contributed by atoms with Crippen LogP contribution >= 0.6 is 0 Å². The van der Waals surface area contributed by atoms with Gasteiger partial charge in [-0.3, -0.25) is 14.6 Å². The molecule has 0 unspecified atom stereocenters. The van der Waals surface area contributed by atoms with Crippen molar-refractivity contribution >= 4 is 0 Å². The third-order valence-corrected chi connectivity index (χ3v) is 5.82. The number of aryl methyl sites for hydroxylation is 3. The molecule has 31 heavy (non-hydrogen) atoms. The largest absolute Gasteiger partial charge is 0.497 e. The van der Waals surface area contributed by atoms with Gasteiger partial charge in [-0.2, -0.15) is 5.10 Å². The van der Waals surface area contributed by atoms with Crippen molar-refractivity contribution in [1.82, 2.24) is 19.7 Å². The monoisotopic (exact) mass is 420 g/mol. The lowest BCUT2D eigenvalue weighted by Gasteiger charge is -2.32. The van der Waals surface area contributed by atoms with Crippen LogP contribution in [0.2, 0.25) is 0 Å². The molecule has 0 bridgehead atoms. The fourth-order valence-corrected chi connectivity index (χ4v) is 4.20. The van der Waals surface area contributed by atoms with E-state index in [2.05, 4.69) is 61.2 Å². The van der Waals surface area contributed by atoms with Gasteiger partial charge in [-0.25, -0.2) is 0 Å². The summed E-state index contributed by atoms with van der Waals surface area (Å²) in [5.41, 5.74) is 6.92. The summed E-state index contributed by atoms with van der Waals surface area (Å²) in [4.78, 5) is 7.26. The summed E-state index contributed by atoms with van der Waals surface area (Å²) in [7, 11) is 1.70. The van der Waals surface area contributed by atoms with E-state index in [1.54, 1.807) is 7.11 Å². The maximum absolute atomic E-state index is 6.14. The number of ether oxygens (including phenoxy) is 2. The second kappa shape index (κ2) is 9.62. The molecule has 1 atom stereocenters. The zero-order chi connectivity index (χ0) is 21.8. The Morgan fingerprint density at radius 1 is 1.16 bits per heavy atom. The minimum atomic E-state index is -0.0146. The first kappa shape index (κ1) is 21.5. The third kappa shape index (κ3) is 5.32. The van der Waals surface area contributed by atoms with Crippen LogP contribution in [0, 0.1) is 13.8 Å².